The van der Waals surface area contributed by atoms with E-state index >= 15 is 0 Å². The monoisotopic (exact) mass is 344 g/mol. The molecule has 0 heterocycles. The second-order valence-corrected chi connectivity index (χ2v) is 5.09. The molecule has 0 radical (unpaired) electrons. The van der Waals surface area contributed by atoms with Crippen LogP contribution in [0.5, 0.6) is 11.5 Å². The van der Waals surface area contributed by atoms with Crippen molar-refractivity contribution >= 4 is 19.2 Å². The van der Waals surface area contributed by atoms with E-state index in [1.165, 1.54) is 0 Å². The fourth-order valence-corrected chi connectivity index (χ4v) is 1.21. The highest BCUT2D eigenvalue weighted by molar-refractivity contribution is 7.45. The highest BCUT2D eigenvalue weighted by Crippen LogP contribution is 2.25. The lowest BCUT2D eigenvalue weighted by atomic mass is 10.3. The number of hydrogen-bond donors (Lipinski definition) is 5. The molecule has 0 fully saturated rings. The van der Waals surface area contributed by atoms with Crippen molar-refractivity contribution in [2.45, 2.75) is 0 Å². The molecule has 0 saturated heterocycles. The van der Waals surface area contributed by atoms with Gasteiger partial charge >= 0.3 is 7.82 Å². The summed E-state index contributed by atoms with van der Waals surface area (Å²) in [5.41, 5.74) is 12.4. The van der Waals surface area contributed by atoms with Crippen LogP contribution in [0.15, 0.2) is 48.5 Å². The minimum Gasteiger partial charge on any atom is -0.497 e. The third-order valence-electron chi connectivity index (χ3n) is 2.23. The minimum absolute atomic E-state index is 0.760. The van der Waals surface area contributed by atoms with Gasteiger partial charge in [0.05, 0.1) is 14.2 Å². The summed E-state index contributed by atoms with van der Waals surface area (Å²) in [6.07, 6.45) is 0. The van der Waals surface area contributed by atoms with Crippen LogP contribution in [-0.2, 0) is 4.57 Å². The quantitative estimate of drug-likeness (QED) is 0.408. The predicted molar refractivity (Wildman–Crippen MR) is 89.1 cm³/mol. The highest BCUT2D eigenvalue weighted by Gasteiger charge is 2.00. The lowest BCUT2D eigenvalue weighted by Crippen LogP contribution is -1.84. The van der Waals surface area contributed by atoms with Crippen LogP contribution in [0, 0.1) is 0 Å². The summed E-state index contributed by atoms with van der Waals surface area (Å²) in [6, 6.07) is 14.5. The summed E-state index contributed by atoms with van der Waals surface area (Å²) in [7, 11) is -1.38. The van der Waals surface area contributed by atoms with Crippen LogP contribution in [0.3, 0.4) is 0 Å². The highest BCUT2D eigenvalue weighted by atomic mass is 31.2. The smallest absolute Gasteiger partial charge is 0.466 e. The molecule has 0 aliphatic rings. The minimum atomic E-state index is -4.64. The van der Waals surface area contributed by atoms with E-state index in [0.717, 1.165) is 22.9 Å². The lowest BCUT2D eigenvalue weighted by Gasteiger charge is -1.97. The van der Waals surface area contributed by atoms with E-state index in [1.54, 1.807) is 38.5 Å². The molecule has 8 nitrogen and oxygen atoms in total. The Balaban J connectivity index is 0.000000332. The molecule has 0 bridgehead atoms. The zero-order valence-electron chi connectivity index (χ0n) is 12.8. The van der Waals surface area contributed by atoms with Crippen molar-refractivity contribution in [1.82, 2.24) is 0 Å². The van der Waals surface area contributed by atoms with E-state index in [1.807, 2.05) is 24.3 Å². The number of phosphoric acid groups is 1. The van der Waals surface area contributed by atoms with Crippen LogP contribution in [0.1, 0.15) is 0 Å². The van der Waals surface area contributed by atoms with E-state index < -0.39 is 7.82 Å². The van der Waals surface area contributed by atoms with Gasteiger partial charge in [-0.25, -0.2) is 4.57 Å². The molecular weight excluding hydrogens is 323 g/mol. The maximum Gasteiger partial charge on any atom is 0.466 e. The molecule has 0 aromatic heterocycles. The molecule has 0 saturated carbocycles. The van der Waals surface area contributed by atoms with Gasteiger partial charge in [-0.05, 0) is 48.5 Å². The number of benzene rings is 2. The van der Waals surface area contributed by atoms with Gasteiger partial charge in [-0.1, -0.05) is 0 Å². The van der Waals surface area contributed by atoms with Crippen LogP contribution in [-0.4, -0.2) is 28.9 Å². The van der Waals surface area contributed by atoms with E-state index in [-0.39, 0.29) is 0 Å². The average Bonchev–Trinajstić information content (AvgIpc) is 2.48. The molecule has 2 rings (SSSR count). The first-order valence-electron chi connectivity index (χ1n) is 6.23. The van der Waals surface area contributed by atoms with Crippen molar-refractivity contribution in [3.8, 4) is 11.5 Å². The molecule has 128 valence electrons. The Morgan fingerprint density at radius 3 is 1.13 bits per heavy atom. The van der Waals surface area contributed by atoms with Gasteiger partial charge in [0.2, 0.25) is 0 Å². The summed E-state index contributed by atoms with van der Waals surface area (Å²) in [5.74, 6) is 1.67. The fraction of sp³-hybridized carbons (Fsp3) is 0.143. The summed E-state index contributed by atoms with van der Waals surface area (Å²) >= 11 is 0. The van der Waals surface area contributed by atoms with Crippen molar-refractivity contribution in [3.63, 3.8) is 0 Å². The predicted octanol–water partition coefficient (Wildman–Crippen LogP) is 1.63. The van der Waals surface area contributed by atoms with Crippen LogP contribution in [0.25, 0.3) is 0 Å². The topological polar surface area (TPSA) is 148 Å². The van der Waals surface area contributed by atoms with E-state index in [0.29, 0.717) is 0 Å². The Labute approximate surface area is 134 Å². The molecule has 0 atom stereocenters. The Morgan fingerprint density at radius 2 is 0.957 bits per heavy atom. The fourth-order valence-electron chi connectivity index (χ4n) is 1.21. The lowest BCUT2D eigenvalue weighted by molar-refractivity contribution is 0.275. The third-order valence-corrected chi connectivity index (χ3v) is 2.23. The van der Waals surface area contributed by atoms with Crippen molar-refractivity contribution in [2.75, 3.05) is 25.7 Å². The Hall–Kier alpha value is -2.25. The van der Waals surface area contributed by atoms with Crippen LogP contribution >= 0.6 is 7.82 Å². The number of nitrogens with two attached hydrogens (primary N) is 2. The first-order chi connectivity index (χ1) is 10.7. The van der Waals surface area contributed by atoms with Gasteiger partial charge in [0.1, 0.15) is 11.5 Å². The Bertz CT molecular complexity index is 544. The van der Waals surface area contributed by atoms with Crippen molar-refractivity contribution < 1.29 is 28.7 Å². The maximum atomic E-state index is 8.88. The third kappa shape index (κ3) is 13.2. The van der Waals surface area contributed by atoms with Crippen LogP contribution in [0.2, 0.25) is 0 Å². The number of hydrogen-bond acceptors (Lipinski definition) is 5. The number of nitrogen functional groups attached to an aromatic ring is 2. The average molecular weight is 344 g/mol. The van der Waals surface area contributed by atoms with Crippen molar-refractivity contribution in [2.24, 2.45) is 0 Å². The van der Waals surface area contributed by atoms with Gasteiger partial charge in [-0.3, -0.25) is 0 Å². The molecule has 0 aliphatic heterocycles. The first kappa shape index (κ1) is 20.8. The zero-order valence-corrected chi connectivity index (χ0v) is 13.7. The molecule has 0 amide bonds. The SMILES string of the molecule is COc1ccc(N)cc1.COc1ccc(N)cc1.O=P(O)(O)O. The van der Waals surface area contributed by atoms with Gasteiger partial charge in [-0.2, -0.15) is 0 Å². The molecule has 7 N–H and O–H groups in total. The van der Waals surface area contributed by atoms with E-state index in [2.05, 4.69) is 0 Å². The molecule has 23 heavy (non-hydrogen) atoms. The van der Waals surface area contributed by atoms with Crippen molar-refractivity contribution in [3.05, 3.63) is 48.5 Å². The second kappa shape index (κ2) is 10.5. The van der Waals surface area contributed by atoms with Crippen LogP contribution < -0.4 is 20.9 Å². The van der Waals surface area contributed by atoms with E-state index in [9.17, 15) is 0 Å². The second-order valence-electron chi connectivity index (χ2n) is 4.06. The zero-order chi connectivity index (χ0) is 17.9. The Morgan fingerprint density at radius 1 is 0.739 bits per heavy atom. The standard InChI is InChI=1S/2C7H9NO.H3O4P/c2*1-9-7-4-2-6(8)3-5-7;1-5(2,3)4/h2*2-5H,8H2,1H3;(H3,1,2,3,4). The number of methoxy groups -OCH3 is 2. The molecule has 9 heteroatoms. The summed E-state index contributed by atoms with van der Waals surface area (Å²) < 4.78 is 18.7. The molecule has 2 aromatic carbocycles. The van der Waals surface area contributed by atoms with E-state index in [4.69, 9.17) is 40.2 Å². The molecular formula is C14H21N2O6P. The molecule has 0 spiro atoms. The first-order valence-corrected chi connectivity index (χ1v) is 7.79. The van der Waals surface area contributed by atoms with Gasteiger partial charge in [-0.15, -0.1) is 0 Å². The number of ether oxygens (including phenoxy) is 2. The maximum absolute atomic E-state index is 8.88. The van der Waals surface area contributed by atoms with Gasteiger partial charge in [0, 0.05) is 11.4 Å². The number of rotatable bonds is 2. The summed E-state index contributed by atoms with van der Waals surface area (Å²) in [6.45, 7) is 0. The summed E-state index contributed by atoms with van der Waals surface area (Å²) in [5, 5.41) is 0. The Kier molecular flexibility index (Phi) is 9.45. The van der Waals surface area contributed by atoms with Gasteiger partial charge in [0.25, 0.3) is 0 Å². The summed E-state index contributed by atoms with van der Waals surface area (Å²) in [4.78, 5) is 21.6. The van der Waals surface area contributed by atoms with Gasteiger partial charge < -0.3 is 35.6 Å². The normalized spacial score (nSPS) is 9.61. The largest absolute Gasteiger partial charge is 0.497 e. The molecule has 2 aromatic rings. The van der Waals surface area contributed by atoms with Crippen molar-refractivity contribution in [1.29, 1.82) is 0 Å². The molecule has 0 aliphatic carbocycles. The number of anilines is 2. The van der Waals surface area contributed by atoms with Gasteiger partial charge in [0.15, 0.2) is 0 Å². The van der Waals surface area contributed by atoms with Crippen LogP contribution in [0.4, 0.5) is 11.4 Å². The molecule has 0 unspecified atom stereocenters.